The van der Waals surface area contributed by atoms with E-state index in [4.69, 9.17) is 5.73 Å². The highest BCUT2D eigenvalue weighted by Gasteiger charge is 2.15. The van der Waals surface area contributed by atoms with E-state index in [-0.39, 0.29) is 0 Å². The zero-order valence-electron chi connectivity index (χ0n) is 11.0. The summed E-state index contributed by atoms with van der Waals surface area (Å²) in [6, 6.07) is 8.76. The van der Waals surface area contributed by atoms with Crippen molar-refractivity contribution < 1.29 is 0 Å². The fourth-order valence-corrected chi connectivity index (χ4v) is 2.85. The number of nitrogens with two attached hydrogens (primary N) is 1. The molecule has 0 unspecified atom stereocenters. The van der Waals surface area contributed by atoms with E-state index in [1.165, 1.54) is 37.7 Å². The van der Waals surface area contributed by atoms with E-state index in [2.05, 4.69) is 34.2 Å². The molecule has 1 aliphatic rings. The van der Waals surface area contributed by atoms with Gasteiger partial charge >= 0.3 is 0 Å². The molecular weight excluding hydrogens is 234 g/mol. The number of nitrogen functional groups attached to an aromatic ring is 1. The Morgan fingerprint density at radius 2 is 1.63 bits per heavy atom. The molecule has 0 saturated heterocycles. The van der Waals surface area contributed by atoms with Crippen LogP contribution < -0.4 is 5.73 Å². The van der Waals surface area contributed by atoms with Crippen molar-refractivity contribution in [3.05, 3.63) is 42.2 Å². The number of nitrogens with zero attached hydrogens (tertiary/aromatic N) is 2. The minimum absolute atomic E-state index is 0.461. The number of hydrogen-bond donors (Lipinski definition) is 1. The summed E-state index contributed by atoms with van der Waals surface area (Å²) in [5.74, 6) is 1.21. The molecule has 1 aromatic heterocycles. The number of hydrogen-bond acceptors (Lipinski definition) is 3. The Bertz CT molecular complexity index is 525. The van der Waals surface area contributed by atoms with Gasteiger partial charge in [0.2, 0.25) is 0 Å². The lowest BCUT2D eigenvalue weighted by Crippen LogP contribution is -2.04. The van der Waals surface area contributed by atoms with Crippen molar-refractivity contribution in [1.82, 2.24) is 9.97 Å². The van der Waals surface area contributed by atoms with Crippen LogP contribution in [0, 0.1) is 0 Å². The summed E-state index contributed by atoms with van der Waals surface area (Å²) < 4.78 is 0. The smallest absolute Gasteiger partial charge is 0.141 e. The van der Waals surface area contributed by atoms with Crippen LogP contribution in [0.25, 0.3) is 11.3 Å². The summed E-state index contributed by atoms with van der Waals surface area (Å²) >= 11 is 0. The molecule has 0 aliphatic heterocycles. The third kappa shape index (κ3) is 2.75. The average Bonchev–Trinajstić information content (AvgIpc) is 2.49. The van der Waals surface area contributed by atoms with Crippen molar-refractivity contribution >= 4 is 5.82 Å². The Morgan fingerprint density at radius 1 is 0.895 bits per heavy atom. The standard InChI is InChI=1S/C16H19N3/c17-16-11-18-15(10-19-16)14-8-6-13(7-9-14)12-4-2-1-3-5-12/h6-12H,1-5H2,(H2,17,19). The van der Waals surface area contributed by atoms with Crippen LogP contribution in [0.3, 0.4) is 0 Å². The fourth-order valence-electron chi connectivity index (χ4n) is 2.85. The Kier molecular flexibility index (Phi) is 3.45. The van der Waals surface area contributed by atoms with Crippen LogP contribution in [0.2, 0.25) is 0 Å². The van der Waals surface area contributed by atoms with Crippen LogP contribution in [0.5, 0.6) is 0 Å². The average molecular weight is 253 g/mol. The van der Waals surface area contributed by atoms with Gasteiger partial charge in [0.1, 0.15) is 5.82 Å². The minimum Gasteiger partial charge on any atom is -0.382 e. The third-order valence-corrected chi connectivity index (χ3v) is 3.95. The summed E-state index contributed by atoms with van der Waals surface area (Å²) in [5, 5.41) is 0. The van der Waals surface area contributed by atoms with E-state index >= 15 is 0 Å². The molecule has 0 spiro atoms. The first-order valence-corrected chi connectivity index (χ1v) is 7.01. The maximum Gasteiger partial charge on any atom is 0.141 e. The number of aromatic nitrogens is 2. The molecule has 3 heteroatoms. The van der Waals surface area contributed by atoms with Crippen LogP contribution in [-0.2, 0) is 0 Å². The maximum atomic E-state index is 5.55. The van der Waals surface area contributed by atoms with Gasteiger partial charge in [-0.3, -0.25) is 4.98 Å². The monoisotopic (exact) mass is 253 g/mol. The lowest BCUT2D eigenvalue weighted by atomic mass is 9.84. The van der Waals surface area contributed by atoms with Crippen molar-refractivity contribution in [2.75, 3.05) is 5.73 Å². The summed E-state index contributed by atoms with van der Waals surface area (Å²) in [5.41, 5.74) is 9.00. The largest absolute Gasteiger partial charge is 0.382 e. The molecular formula is C16H19N3. The third-order valence-electron chi connectivity index (χ3n) is 3.95. The summed E-state index contributed by atoms with van der Waals surface area (Å²) in [6.45, 7) is 0. The van der Waals surface area contributed by atoms with Crippen molar-refractivity contribution in [2.24, 2.45) is 0 Å². The van der Waals surface area contributed by atoms with E-state index in [1.54, 1.807) is 12.4 Å². The topological polar surface area (TPSA) is 51.8 Å². The van der Waals surface area contributed by atoms with E-state index in [0.29, 0.717) is 5.82 Å². The molecule has 0 amide bonds. The van der Waals surface area contributed by atoms with Gasteiger partial charge in [-0.1, -0.05) is 43.5 Å². The summed E-state index contributed by atoms with van der Waals surface area (Å²) in [4.78, 5) is 8.39. The molecule has 1 aliphatic carbocycles. The van der Waals surface area contributed by atoms with Crippen molar-refractivity contribution in [3.8, 4) is 11.3 Å². The Morgan fingerprint density at radius 3 is 2.26 bits per heavy atom. The summed E-state index contributed by atoms with van der Waals surface area (Å²) in [7, 11) is 0. The van der Waals surface area contributed by atoms with Gasteiger partial charge in [-0.2, -0.15) is 0 Å². The van der Waals surface area contributed by atoms with Crippen LogP contribution in [-0.4, -0.2) is 9.97 Å². The maximum absolute atomic E-state index is 5.55. The molecule has 0 bridgehead atoms. The van der Waals surface area contributed by atoms with Gasteiger partial charge in [-0.15, -0.1) is 0 Å². The van der Waals surface area contributed by atoms with E-state index in [9.17, 15) is 0 Å². The van der Waals surface area contributed by atoms with E-state index in [1.807, 2.05) is 0 Å². The quantitative estimate of drug-likeness (QED) is 0.886. The van der Waals surface area contributed by atoms with Gasteiger partial charge in [0.15, 0.2) is 0 Å². The SMILES string of the molecule is Nc1cnc(-c2ccc(C3CCCCC3)cc2)cn1. The van der Waals surface area contributed by atoms with Crippen molar-refractivity contribution in [2.45, 2.75) is 38.0 Å². The molecule has 1 heterocycles. The van der Waals surface area contributed by atoms with Gasteiger partial charge in [0.25, 0.3) is 0 Å². The van der Waals surface area contributed by atoms with Crippen LogP contribution in [0.1, 0.15) is 43.6 Å². The van der Waals surface area contributed by atoms with E-state index < -0.39 is 0 Å². The van der Waals surface area contributed by atoms with Gasteiger partial charge in [0.05, 0.1) is 18.1 Å². The molecule has 98 valence electrons. The number of benzene rings is 1. The second kappa shape index (κ2) is 5.39. The minimum atomic E-state index is 0.461. The number of anilines is 1. The molecule has 2 N–H and O–H groups in total. The molecule has 1 fully saturated rings. The van der Waals surface area contributed by atoms with Gasteiger partial charge in [-0.05, 0) is 24.3 Å². The van der Waals surface area contributed by atoms with Crippen molar-refractivity contribution in [1.29, 1.82) is 0 Å². The lowest BCUT2D eigenvalue weighted by molar-refractivity contribution is 0.443. The first-order chi connectivity index (χ1) is 9.33. The second-order valence-corrected chi connectivity index (χ2v) is 5.28. The first-order valence-electron chi connectivity index (χ1n) is 7.01. The molecule has 0 atom stereocenters. The summed E-state index contributed by atoms with van der Waals surface area (Å²) in [6.07, 6.45) is 10.1. The van der Waals surface area contributed by atoms with E-state index in [0.717, 1.165) is 17.2 Å². The van der Waals surface area contributed by atoms with Gasteiger partial charge in [-0.25, -0.2) is 4.98 Å². The highest BCUT2D eigenvalue weighted by Crippen LogP contribution is 2.33. The van der Waals surface area contributed by atoms with Crippen LogP contribution in [0.15, 0.2) is 36.7 Å². The number of rotatable bonds is 2. The normalized spacial score (nSPS) is 16.4. The Labute approximate surface area is 113 Å². The fraction of sp³-hybridized carbons (Fsp3) is 0.375. The molecule has 0 radical (unpaired) electrons. The molecule has 3 nitrogen and oxygen atoms in total. The zero-order valence-corrected chi connectivity index (χ0v) is 11.0. The van der Waals surface area contributed by atoms with Gasteiger partial charge in [0, 0.05) is 5.56 Å². The Balaban J connectivity index is 1.80. The molecule has 1 aromatic carbocycles. The second-order valence-electron chi connectivity index (χ2n) is 5.28. The van der Waals surface area contributed by atoms with Crippen LogP contribution >= 0.6 is 0 Å². The van der Waals surface area contributed by atoms with Crippen LogP contribution in [0.4, 0.5) is 5.82 Å². The van der Waals surface area contributed by atoms with Crippen molar-refractivity contribution in [3.63, 3.8) is 0 Å². The molecule has 3 rings (SSSR count). The predicted octanol–water partition coefficient (Wildman–Crippen LogP) is 3.77. The molecule has 19 heavy (non-hydrogen) atoms. The van der Waals surface area contributed by atoms with Gasteiger partial charge < -0.3 is 5.73 Å². The highest BCUT2D eigenvalue weighted by molar-refractivity contribution is 5.59. The lowest BCUT2D eigenvalue weighted by Gasteiger charge is -2.22. The highest BCUT2D eigenvalue weighted by atomic mass is 14.9. The predicted molar refractivity (Wildman–Crippen MR) is 77.7 cm³/mol. The first kappa shape index (κ1) is 12.2. The Hall–Kier alpha value is -1.90. The molecule has 1 saturated carbocycles. The zero-order chi connectivity index (χ0) is 13.1. The molecule has 2 aromatic rings.